The summed E-state index contributed by atoms with van der Waals surface area (Å²) in [6, 6.07) is 15.3. The lowest BCUT2D eigenvalue weighted by Crippen LogP contribution is -2.45. The number of ether oxygens (including phenoxy) is 1. The van der Waals surface area contributed by atoms with Crippen LogP contribution in [-0.4, -0.2) is 31.1 Å². The highest BCUT2D eigenvalue weighted by Gasteiger charge is 2.18. The number of hydrogen-bond acceptors (Lipinski definition) is 4. The number of benzene rings is 2. The molecular weight excluding hydrogens is 298 g/mol. The molecule has 124 valence electrons. The molecule has 0 radical (unpaired) electrons. The van der Waals surface area contributed by atoms with Gasteiger partial charge in [0.25, 0.3) is 0 Å². The van der Waals surface area contributed by atoms with Gasteiger partial charge in [0.1, 0.15) is 12.0 Å². The van der Waals surface area contributed by atoms with Crippen LogP contribution in [-0.2, 0) is 6.54 Å². The summed E-state index contributed by atoms with van der Waals surface area (Å²) in [5.41, 5.74) is 4.98. The molecule has 0 spiro atoms. The number of piperazine rings is 1. The molecule has 1 fully saturated rings. The van der Waals surface area contributed by atoms with E-state index in [-0.39, 0.29) is 0 Å². The molecule has 2 heterocycles. The van der Waals surface area contributed by atoms with Gasteiger partial charge in [-0.05, 0) is 36.8 Å². The molecule has 24 heavy (non-hydrogen) atoms. The summed E-state index contributed by atoms with van der Waals surface area (Å²) in [6.07, 6.45) is 3.50. The summed E-state index contributed by atoms with van der Waals surface area (Å²) >= 11 is 0. The number of aryl methyl sites for hydroxylation is 1. The molecule has 2 aromatic rings. The van der Waals surface area contributed by atoms with Gasteiger partial charge in [-0.2, -0.15) is 0 Å². The second-order valence-corrected chi connectivity index (χ2v) is 6.49. The van der Waals surface area contributed by atoms with E-state index >= 15 is 0 Å². The lowest BCUT2D eigenvalue weighted by atomic mass is 10.1. The number of nitrogens with one attached hydrogen (secondary N) is 1. The van der Waals surface area contributed by atoms with Gasteiger partial charge in [-0.15, -0.1) is 0 Å². The Labute approximate surface area is 143 Å². The molecule has 0 bridgehead atoms. The minimum absolute atomic E-state index is 0.910. The Morgan fingerprint density at radius 3 is 2.58 bits per heavy atom. The second kappa shape index (κ2) is 6.57. The summed E-state index contributed by atoms with van der Waals surface area (Å²) in [4.78, 5) is 4.99. The van der Waals surface area contributed by atoms with E-state index in [0.717, 1.165) is 44.2 Å². The number of rotatable bonds is 3. The standard InChI is InChI=1S/C20H23N3O/c1-16-2-5-18(6-3-16)23-11-9-22(10-12-23)15-17-4-7-19-20(14-17)24-13-8-21-19/h2-8,13-14,21H,9-12,15H2,1H3. The Morgan fingerprint density at radius 2 is 1.79 bits per heavy atom. The third-order valence-electron chi connectivity index (χ3n) is 4.73. The van der Waals surface area contributed by atoms with Crippen LogP contribution in [0.3, 0.4) is 0 Å². The molecule has 1 saturated heterocycles. The quantitative estimate of drug-likeness (QED) is 0.935. The van der Waals surface area contributed by atoms with Crippen molar-refractivity contribution in [2.24, 2.45) is 0 Å². The Kier molecular flexibility index (Phi) is 4.13. The van der Waals surface area contributed by atoms with Crippen molar-refractivity contribution in [3.63, 3.8) is 0 Å². The molecule has 0 atom stereocenters. The third-order valence-corrected chi connectivity index (χ3v) is 4.73. The van der Waals surface area contributed by atoms with Crippen molar-refractivity contribution in [3.05, 3.63) is 66.1 Å². The topological polar surface area (TPSA) is 27.7 Å². The first-order chi connectivity index (χ1) is 11.8. The number of nitrogens with zero attached hydrogens (tertiary/aromatic N) is 2. The molecule has 0 amide bonds. The minimum Gasteiger partial charge on any atom is -0.461 e. The average Bonchev–Trinajstić information content (AvgIpc) is 2.63. The molecular formula is C20H23N3O. The molecule has 0 unspecified atom stereocenters. The van der Waals surface area contributed by atoms with Crippen molar-refractivity contribution >= 4 is 11.4 Å². The summed E-state index contributed by atoms with van der Waals surface area (Å²) in [7, 11) is 0. The van der Waals surface area contributed by atoms with Gasteiger partial charge < -0.3 is 15.0 Å². The minimum atomic E-state index is 0.910. The van der Waals surface area contributed by atoms with Crippen LogP contribution in [0.4, 0.5) is 11.4 Å². The summed E-state index contributed by atoms with van der Waals surface area (Å²) in [5, 5.41) is 3.20. The lowest BCUT2D eigenvalue weighted by Gasteiger charge is -2.36. The fourth-order valence-electron chi connectivity index (χ4n) is 3.29. The summed E-state index contributed by atoms with van der Waals surface area (Å²) < 4.78 is 5.57. The fraction of sp³-hybridized carbons (Fsp3) is 0.300. The van der Waals surface area contributed by atoms with Crippen LogP contribution >= 0.6 is 0 Å². The maximum absolute atomic E-state index is 5.57. The van der Waals surface area contributed by atoms with Crippen LogP contribution < -0.4 is 15.0 Å². The van der Waals surface area contributed by atoms with Gasteiger partial charge in [-0.1, -0.05) is 23.8 Å². The highest BCUT2D eigenvalue weighted by atomic mass is 16.5. The largest absolute Gasteiger partial charge is 0.461 e. The Hall–Kier alpha value is -2.46. The van der Waals surface area contributed by atoms with E-state index in [4.69, 9.17) is 4.74 Å². The van der Waals surface area contributed by atoms with Crippen molar-refractivity contribution < 1.29 is 4.74 Å². The molecule has 0 aromatic heterocycles. The number of anilines is 2. The molecule has 4 heteroatoms. The predicted octanol–water partition coefficient (Wildman–Crippen LogP) is 3.59. The lowest BCUT2D eigenvalue weighted by molar-refractivity contribution is 0.249. The molecule has 1 N–H and O–H groups in total. The zero-order chi connectivity index (χ0) is 16.4. The summed E-state index contributed by atoms with van der Waals surface area (Å²) in [5.74, 6) is 0.910. The van der Waals surface area contributed by atoms with E-state index < -0.39 is 0 Å². The molecule has 2 aromatic carbocycles. The van der Waals surface area contributed by atoms with Crippen LogP contribution in [0.1, 0.15) is 11.1 Å². The molecule has 4 rings (SSSR count). The normalized spacial score (nSPS) is 17.1. The van der Waals surface area contributed by atoms with Crippen molar-refractivity contribution in [1.82, 2.24) is 4.90 Å². The van der Waals surface area contributed by atoms with Crippen molar-refractivity contribution in [2.45, 2.75) is 13.5 Å². The van der Waals surface area contributed by atoms with Gasteiger partial charge in [0.2, 0.25) is 0 Å². The van der Waals surface area contributed by atoms with E-state index in [1.807, 2.05) is 6.20 Å². The van der Waals surface area contributed by atoms with Crippen molar-refractivity contribution in [2.75, 3.05) is 36.4 Å². The van der Waals surface area contributed by atoms with Gasteiger partial charge in [0.05, 0.1) is 5.69 Å². The monoisotopic (exact) mass is 321 g/mol. The maximum Gasteiger partial charge on any atom is 0.150 e. The van der Waals surface area contributed by atoms with Gasteiger partial charge >= 0.3 is 0 Å². The second-order valence-electron chi connectivity index (χ2n) is 6.49. The highest BCUT2D eigenvalue weighted by molar-refractivity contribution is 5.60. The van der Waals surface area contributed by atoms with E-state index in [1.165, 1.54) is 16.8 Å². The average molecular weight is 321 g/mol. The first-order valence-corrected chi connectivity index (χ1v) is 8.53. The predicted molar refractivity (Wildman–Crippen MR) is 98.5 cm³/mol. The van der Waals surface area contributed by atoms with Crippen LogP contribution in [0.2, 0.25) is 0 Å². The zero-order valence-electron chi connectivity index (χ0n) is 14.0. The van der Waals surface area contributed by atoms with Crippen LogP contribution in [0.5, 0.6) is 5.75 Å². The van der Waals surface area contributed by atoms with Crippen molar-refractivity contribution in [1.29, 1.82) is 0 Å². The smallest absolute Gasteiger partial charge is 0.150 e. The van der Waals surface area contributed by atoms with Crippen LogP contribution in [0.15, 0.2) is 54.9 Å². The molecule has 0 aliphatic carbocycles. The Bertz CT molecular complexity index is 731. The van der Waals surface area contributed by atoms with E-state index in [0.29, 0.717) is 0 Å². The van der Waals surface area contributed by atoms with E-state index in [9.17, 15) is 0 Å². The molecule has 0 saturated carbocycles. The first kappa shape index (κ1) is 15.1. The van der Waals surface area contributed by atoms with E-state index in [2.05, 4.69) is 64.5 Å². The van der Waals surface area contributed by atoms with Crippen LogP contribution in [0, 0.1) is 6.92 Å². The molecule has 2 aliphatic heterocycles. The summed E-state index contributed by atoms with van der Waals surface area (Å²) in [6.45, 7) is 7.44. The maximum atomic E-state index is 5.57. The number of hydrogen-bond donors (Lipinski definition) is 1. The highest BCUT2D eigenvalue weighted by Crippen LogP contribution is 2.29. The fourth-order valence-corrected chi connectivity index (χ4v) is 3.29. The Balaban J connectivity index is 1.36. The van der Waals surface area contributed by atoms with Crippen molar-refractivity contribution in [3.8, 4) is 5.75 Å². The van der Waals surface area contributed by atoms with Gasteiger partial charge in [-0.3, -0.25) is 4.90 Å². The number of fused-ring (bicyclic) bond motifs is 1. The van der Waals surface area contributed by atoms with Gasteiger partial charge in [0.15, 0.2) is 0 Å². The van der Waals surface area contributed by atoms with Gasteiger partial charge in [0, 0.05) is 44.6 Å². The molecule has 4 nitrogen and oxygen atoms in total. The van der Waals surface area contributed by atoms with Gasteiger partial charge in [-0.25, -0.2) is 0 Å². The van der Waals surface area contributed by atoms with E-state index in [1.54, 1.807) is 6.26 Å². The zero-order valence-corrected chi connectivity index (χ0v) is 14.0. The van der Waals surface area contributed by atoms with Crippen LogP contribution in [0.25, 0.3) is 0 Å². The first-order valence-electron chi connectivity index (χ1n) is 8.53. The SMILES string of the molecule is Cc1ccc(N2CCN(Cc3ccc4c(c3)OC=CN4)CC2)cc1. The molecule has 2 aliphatic rings. The Morgan fingerprint density at radius 1 is 1.00 bits per heavy atom. The third kappa shape index (κ3) is 3.24.